The van der Waals surface area contributed by atoms with E-state index in [1.165, 1.54) is 19.3 Å². The van der Waals surface area contributed by atoms with Crippen molar-refractivity contribution in [2.24, 2.45) is 0 Å². The number of halogens is 1. The summed E-state index contributed by atoms with van der Waals surface area (Å²) in [6.45, 7) is 2.66. The lowest BCUT2D eigenvalue weighted by atomic mass is 9.94. The number of alkyl halides is 1. The second-order valence-corrected chi connectivity index (χ2v) is 5.36. The zero-order valence-electron chi connectivity index (χ0n) is 8.50. The van der Waals surface area contributed by atoms with E-state index in [9.17, 15) is 0 Å². The fraction of sp³-hybridized carbons (Fsp3) is 1.00. The largest absolute Gasteiger partial charge is 0.346 e. The van der Waals surface area contributed by atoms with Crippen molar-refractivity contribution >= 4 is 15.9 Å². The van der Waals surface area contributed by atoms with Gasteiger partial charge in [-0.1, -0.05) is 22.4 Å². The highest BCUT2D eigenvalue weighted by atomic mass is 79.9. The quantitative estimate of drug-likeness (QED) is 0.498. The first-order valence-electron chi connectivity index (χ1n) is 5.34. The zero-order valence-corrected chi connectivity index (χ0v) is 10.1. The second kappa shape index (κ2) is 4.47. The van der Waals surface area contributed by atoms with Gasteiger partial charge in [0.2, 0.25) is 5.79 Å². The fourth-order valence-corrected chi connectivity index (χ4v) is 2.15. The molecule has 0 aromatic rings. The van der Waals surface area contributed by atoms with E-state index in [1.807, 2.05) is 6.92 Å². The topological polar surface area (TPSA) is 27.7 Å². The van der Waals surface area contributed by atoms with Crippen LogP contribution in [0.4, 0.5) is 0 Å². The maximum Gasteiger partial charge on any atom is 0.201 e. The Morgan fingerprint density at radius 2 is 1.93 bits per heavy atom. The monoisotopic (exact) mass is 264 g/mol. The highest BCUT2D eigenvalue weighted by Crippen LogP contribution is 2.36. The van der Waals surface area contributed by atoms with E-state index < -0.39 is 5.79 Å². The van der Waals surface area contributed by atoms with Crippen molar-refractivity contribution in [3.05, 3.63) is 0 Å². The van der Waals surface area contributed by atoms with Gasteiger partial charge in [-0.2, -0.15) is 0 Å². The molecule has 4 heteroatoms. The van der Waals surface area contributed by atoms with Crippen molar-refractivity contribution in [1.29, 1.82) is 0 Å². The van der Waals surface area contributed by atoms with Gasteiger partial charge in [0.25, 0.3) is 0 Å². The van der Waals surface area contributed by atoms with Crippen LogP contribution in [0.5, 0.6) is 0 Å². The van der Waals surface area contributed by atoms with Crippen molar-refractivity contribution < 1.29 is 14.5 Å². The Hall–Kier alpha value is 0.360. The van der Waals surface area contributed by atoms with Gasteiger partial charge >= 0.3 is 0 Å². The summed E-state index contributed by atoms with van der Waals surface area (Å²) in [5, 5.41) is 0. The molecule has 82 valence electrons. The normalized spacial score (nSPS) is 38.1. The summed E-state index contributed by atoms with van der Waals surface area (Å²) in [5.41, 5.74) is 0. The lowest BCUT2D eigenvalue weighted by Gasteiger charge is -2.33. The molecule has 1 saturated heterocycles. The van der Waals surface area contributed by atoms with Crippen molar-refractivity contribution in [2.45, 2.75) is 55.7 Å². The van der Waals surface area contributed by atoms with E-state index in [-0.39, 0.29) is 10.9 Å². The van der Waals surface area contributed by atoms with Crippen LogP contribution in [0.15, 0.2) is 0 Å². The van der Waals surface area contributed by atoms with Crippen LogP contribution in [0.1, 0.15) is 39.0 Å². The molecule has 1 spiro atoms. The molecular weight excluding hydrogens is 248 g/mol. The summed E-state index contributed by atoms with van der Waals surface area (Å²) < 4.78 is 5.82. The van der Waals surface area contributed by atoms with Crippen LogP contribution in [0, 0.1) is 0 Å². The van der Waals surface area contributed by atoms with Crippen molar-refractivity contribution in [3.63, 3.8) is 0 Å². The van der Waals surface area contributed by atoms with Gasteiger partial charge in [0, 0.05) is 12.8 Å². The molecule has 1 saturated carbocycles. The zero-order chi connectivity index (χ0) is 10.0. The molecule has 2 aliphatic rings. The van der Waals surface area contributed by atoms with Crippen LogP contribution in [0.25, 0.3) is 0 Å². The van der Waals surface area contributed by atoms with Gasteiger partial charge in [-0.3, -0.25) is 0 Å². The van der Waals surface area contributed by atoms with Gasteiger partial charge < -0.3 is 4.74 Å². The Bertz CT molecular complexity index is 178. The van der Waals surface area contributed by atoms with Crippen LogP contribution < -0.4 is 0 Å². The van der Waals surface area contributed by atoms with Gasteiger partial charge in [-0.25, -0.2) is 9.78 Å². The van der Waals surface area contributed by atoms with E-state index in [0.29, 0.717) is 6.61 Å². The third kappa shape index (κ3) is 2.30. The molecule has 1 aliphatic carbocycles. The molecule has 0 aromatic heterocycles. The Labute approximate surface area is 93.1 Å². The minimum absolute atomic E-state index is 0.0521. The molecule has 14 heavy (non-hydrogen) atoms. The standard InChI is InChI=1S/C10H17BrO3/c1-8-9(11)7-12-10(14-13-8)5-3-2-4-6-10/h8-9H,2-7H2,1H3/t8-,9+/m0/s1. The van der Waals surface area contributed by atoms with Crippen molar-refractivity contribution in [3.8, 4) is 0 Å². The number of hydrogen-bond acceptors (Lipinski definition) is 3. The summed E-state index contributed by atoms with van der Waals surface area (Å²) in [5.74, 6) is -0.449. The number of hydrogen-bond donors (Lipinski definition) is 0. The molecule has 0 amide bonds. The summed E-state index contributed by atoms with van der Waals surface area (Å²) in [4.78, 5) is 11.0. The number of rotatable bonds is 0. The minimum Gasteiger partial charge on any atom is -0.346 e. The third-order valence-electron chi connectivity index (χ3n) is 2.98. The van der Waals surface area contributed by atoms with Crippen LogP contribution >= 0.6 is 15.9 Å². The van der Waals surface area contributed by atoms with Crippen LogP contribution in [-0.4, -0.2) is 23.3 Å². The van der Waals surface area contributed by atoms with E-state index in [0.717, 1.165) is 12.8 Å². The van der Waals surface area contributed by atoms with E-state index >= 15 is 0 Å². The summed E-state index contributed by atoms with van der Waals surface area (Å²) in [7, 11) is 0. The van der Waals surface area contributed by atoms with Crippen LogP contribution in [0.2, 0.25) is 0 Å². The molecule has 0 radical (unpaired) electrons. The van der Waals surface area contributed by atoms with Gasteiger partial charge in [-0.15, -0.1) is 0 Å². The predicted molar refractivity (Wildman–Crippen MR) is 56.1 cm³/mol. The first kappa shape index (κ1) is 10.9. The summed E-state index contributed by atoms with van der Waals surface area (Å²) in [6.07, 6.45) is 5.59. The summed E-state index contributed by atoms with van der Waals surface area (Å²) in [6, 6.07) is 0. The van der Waals surface area contributed by atoms with E-state index in [1.54, 1.807) is 0 Å². The molecule has 2 rings (SSSR count). The molecule has 2 fully saturated rings. The van der Waals surface area contributed by atoms with Crippen molar-refractivity contribution in [1.82, 2.24) is 0 Å². The molecule has 0 unspecified atom stereocenters. The molecule has 0 aromatic carbocycles. The SMILES string of the molecule is C[C@@H]1OOC2(CCCCC2)OC[C@H]1Br. The highest BCUT2D eigenvalue weighted by Gasteiger charge is 2.39. The molecular formula is C10H17BrO3. The average Bonchev–Trinajstić information content (AvgIpc) is 2.35. The predicted octanol–water partition coefficient (Wildman–Crippen LogP) is 2.78. The highest BCUT2D eigenvalue weighted by molar-refractivity contribution is 9.09. The maximum absolute atomic E-state index is 5.82. The Morgan fingerprint density at radius 1 is 1.21 bits per heavy atom. The average molecular weight is 265 g/mol. The molecule has 0 N–H and O–H groups in total. The fourth-order valence-electron chi connectivity index (χ4n) is 1.93. The molecule has 1 heterocycles. The molecule has 2 atom stereocenters. The Balaban J connectivity index is 1.99. The maximum atomic E-state index is 5.82. The van der Waals surface area contributed by atoms with Crippen molar-refractivity contribution in [2.75, 3.05) is 6.61 Å². The molecule has 3 nitrogen and oxygen atoms in total. The van der Waals surface area contributed by atoms with Gasteiger partial charge in [0.15, 0.2) is 0 Å². The van der Waals surface area contributed by atoms with Crippen LogP contribution in [-0.2, 0) is 14.5 Å². The van der Waals surface area contributed by atoms with Gasteiger partial charge in [-0.05, 0) is 19.8 Å². The van der Waals surface area contributed by atoms with E-state index in [4.69, 9.17) is 14.5 Å². The van der Waals surface area contributed by atoms with E-state index in [2.05, 4.69) is 15.9 Å². The first-order chi connectivity index (χ1) is 6.72. The lowest BCUT2D eigenvalue weighted by Crippen LogP contribution is -2.37. The molecule has 1 aliphatic heterocycles. The smallest absolute Gasteiger partial charge is 0.201 e. The lowest BCUT2D eigenvalue weighted by molar-refractivity contribution is -0.433. The minimum atomic E-state index is -0.449. The second-order valence-electron chi connectivity index (χ2n) is 4.18. The Kier molecular flexibility index (Phi) is 3.47. The Morgan fingerprint density at radius 3 is 2.64 bits per heavy atom. The number of ether oxygens (including phenoxy) is 1. The van der Waals surface area contributed by atoms with Gasteiger partial charge in [0.1, 0.15) is 6.10 Å². The van der Waals surface area contributed by atoms with Gasteiger partial charge in [0.05, 0.1) is 11.4 Å². The molecule has 0 bridgehead atoms. The summed E-state index contributed by atoms with van der Waals surface area (Å²) >= 11 is 3.52. The third-order valence-corrected chi connectivity index (χ3v) is 3.99. The first-order valence-corrected chi connectivity index (χ1v) is 6.26. The van der Waals surface area contributed by atoms with Crippen LogP contribution in [0.3, 0.4) is 0 Å².